The Morgan fingerprint density at radius 3 is 3.04 bits per heavy atom. The van der Waals surface area contributed by atoms with E-state index in [1.165, 1.54) is 0 Å². The fourth-order valence-corrected chi connectivity index (χ4v) is 3.41. The minimum absolute atomic E-state index is 0.148. The molecule has 2 aromatic heterocycles. The molecule has 1 amide bonds. The molecule has 1 aliphatic heterocycles. The number of likely N-dealkylation sites (tertiary alicyclic amines) is 1. The van der Waals surface area contributed by atoms with Gasteiger partial charge in [-0.05, 0) is 25.0 Å². The van der Waals surface area contributed by atoms with E-state index in [-0.39, 0.29) is 11.9 Å². The summed E-state index contributed by atoms with van der Waals surface area (Å²) in [4.78, 5) is 19.1. The van der Waals surface area contributed by atoms with Gasteiger partial charge in [-0.2, -0.15) is 5.10 Å². The molecule has 0 aliphatic carbocycles. The van der Waals surface area contributed by atoms with Gasteiger partial charge in [0.25, 0.3) is 0 Å². The Balaban J connectivity index is 1.43. The van der Waals surface area contributed by atoms with Gasteiger partial charge >= 0.3 is 0 Å². The summed E-state index contributed by atoms with van der Waals surface area (Å²) in [6, 6.07) is 7.82. The number of amides is 1. The van der Waals surface area contributed by atoms with E-state index >= 15 is 0 Å². The summed E-state index contributed by atoms with van der Waals surface area (Å²) < 4.78 is 7.49. The van der Waals surface area contributed by atoms with Crippen LogP contribution in [0.25, 0.3) is 11.1 Å². The Bertz CT molecular complexity index is 834. The summed E-state index contributed by atoms with van der Waals surface area (Å²) >= 11 is 0. The van der Waals surface area contributed by atoms with Crippen molar-refractivity contribution in [3.05, 3.63) is 48.1 Å². The third-order valence-electron chi connectivity index (χ3n) is 4.57. The van der Waals surface area contributed by atoms with E-state index in [1.54, 1.807) is 4.68 Å². The van der Waals surface area contributed by atoms with Crippen LogP contribution in [0, 0.1) is 0 Å². The average molecular weight is 324 g/mol. The first-order valence-corrected chi connectivity index (χ1v) is 8.33. The Labute approximate surface area is 140 Å². The van der Waals surface area contributed by atoms with Crippen molar-refractivity contribution in [2.24, 2.45) is 7.05 Å². The summed E-state index contributed by atoms with van der Waals surface area (Å²) in [7, 11) is 1.90. The highest BCUT2D eigenvalue weighted by Crippen LogP contribution is 2.32. The number of aromatic nitrogens is 3. The topological polar surface area (TPSA) is 64.2 Å². The van der Waals surface area contributed by atoms with Crippen molar-refractivity contribution in [1.29, 1.82) is 0 Å². The van der Waals surface area contributed by atoms with Gasteiger partial charge < -0.3 is 9.32 Å². The summed E-state index contributed by atoms with van der Waals surface area (Å²) in [6.45, 7) is 0.811. The first kappa shape index (κ1) is 14.9. The van der Waals surface area contributed by atoms with Crippen molar-refractivity contribution < 1.29 is 9.21 Å². The number of hydrogen-bond acceptors (Lipinski definition) is 4. The van der Waals surface area contributed by atoms with E-state index in [9.17, 15) is 4.79 Å². The second kappa shape index (κ2) is 6.11. The minimum Gasteiger partial charge on any atom is -0.441 e. The van der Waals surface area contributed by atoms with E-state index in [1.807, 2.05) is 48.6 Å². The summed E-state index contributed by atoms with van der Waals surface area (Å²) in [5, 5.41) is 4.23. The van der Waals surface area contributed by atoms with Crippen LogP contribution in [0.3, 0.4) is 0 Å². The fraction of sp³-hybridized carbons (Fsp3) is 0.389. The van der Waals surface area contributed by atoms with Crippen LogP contribution in [0.1, 0.15) is 36.8 Å². The van der Waals surface area contributed by atoms with E-state index in [4.69, 9.17) is 4.42 Å². The molecule has 124 valence electrons. The van der Waals surface area contributed by atoms with Gasteiger partial charge in [0.15, 0.2) is 11.5 Å². The van der Waals surface area contributed by atoms with Crippen molar-refractivity contribution in [2.45, 2.75) is 31.7 Å². The monoisotopic (exact) mass is 324 g/mol. The maximum atomic E-state index is 12.7. The molecule has 1 atom stereocenters. The fourth-order valence-electron chi connectivity index (χ4n) is 3.41. The van der Waals surface area contributed by atoms with Gasteiger partial charge in [-0.3, -0.25) is 9.48 Å². The van der Waals surface area contributed by atoms with E-state index in [0.29, 0.717) is 18.7 Å². The second-order valence-corrected chi connectivity index (χ2v) is 6.27. The zero-order valence-corrected chi connectivity index (χ0v) is 13.7. The molecule has 1 saturated heterocycles. The summed E-state index contributed by atoms with van der Waals surface area (Å²) in [6.07, 6.45) is 6.84. The van der Waals surface area contributed by atoms with Crippen molar-refractivity contribution in [3.63, 3.8) is 0 Å². The lowest BCUT2D eigenvalue weighted by Gasteiger charge is -2.23. The smallest absolute Gasteiger partial charge is 0.223 e. The molecule has 0 bridgehead atoms. The third kappa shape index (κ3) is 2.79. The molecule has 0 spiro atoms. The maximum Gasteiger partial charge on any atom is 0.223 e. The molecule has 3 aromatic rings. The quantitative estimate of drug-likeness (QED) is 0.740. The molecule has 4 rings (SSSR count). The standard InChI is InChI=1S/C18H20N4O2/c1-21-12-13(11-19-21)15-6-4-10-22(15)18(23)9-8-17-20-14-5-2-3-7-16(14)24-17/h2-3,5,7,11-12,15H,4,6,8-10H2,1H3. The van der Waals surface area contributed by atoms with E-state index in [0.717, 1.165) is 36.0 Å². The Morgan fingerprint density at radius 1 is 1.38 bits per heavy atom. The first-order valence-electron chi connectivity index (χ1n) is 8.33. The Hall–Kier alpha value is -2.63. The SMILES string of the molecule is Cn1cc(C2CCCN2C(=O)CCc2nc3ccccc3o2)cn1. The first-order chi connectivity index (χ1) is 11.7. The zero-order valence-electron chi connectivity index (χ0n) is 13.7. The number of hydrogen-bond donors (Lipinski definition) is 0. The summed E-state index contributed by atoms with van der Waals surface area (Å²) in [5.74, 6) is 0.783. The molecular weight excluding hydrogens is 304 g/mol. The van der Waals surface area contributed by atoms with Crippen LogP contribution in [0.2, 0.25) is 0 Å². The van der Waals surface area contributed by atoms with Gasteiger partial charge in [-0.25, -0.2) is 4.98 Å². The number of carbonyl (C=O) groups excluding carboxylic acids is 1. The number of fused-ring (bicyclic) bond motifs is 1. The lowest BCUT2D eigenvalue weighted by Crippen LogP contribution is -2.30. The van der Waals surface area contributed by atoms with Gasteiger partial charge in [0.2, 0.25) is 5.91 Å². The highest BCUT2D eigenvalue weighted by molar-refractivity contribution is 5.77. The van der Waals surface area contributed by atoms with E-state index < -0.39 is 0 Å². The van der Waals surface area contributed by atoms with Crippen molar-refractivity contribution in [3.8, 4) is 0 Å². The molecule has 3 heterocycles. The number of oxazole rings is 1. The number of aryl methyl sites for hydroxylation is 2. The zero-order chi connectivity index (χ0) is 16.5. The molecule has 0 radical (unpaired) electrons. The van der Waals surface area contributed by atoms with Crippen LogP contribution in [0.5, 0.6) is 0 Å². The molecular formula is C18H20N4O2. The highest BCUT2D eigenvalue weighted by Gasteiger charge is 2.30. The number of rotatable bonds is 4. The minimum atomic E-state index is 0.148. The normalized spacial score (nSPS) is 17.7. The van der Waals surface area contributed by atoms with Crippen molar-refractivity contribution in [1.82, 2.24) is 19.7 Å². The van der Waals surface area contributed by atoms with Gasteiger partial charge in [-0.15, -0.1) is 0 Å². The molecule has 24 heavy (non-hydrogen) atoms. The van der Waals surface area contributed by atoms with Crippen LogP contribution in [0.15, 0.2) is 41.1 Å². The largest absolute Gasteiger partial charge is 0.441 e. The summed E-state index contributed by atoms with van der Waals surface area (Å²) in [5.41, 5.74) is 2.73. The third-order valence-corrected chi connectivity index (χ3v) is 4.57. The maximum absolute atomic E-state index is 12.7. The average Bonchev–Trinajstić information content (AvgIpc) is 3.30. The Kier molecular flexibility index (Phi) is 3.80. The molecule has 6 nitrogen and oxygen atoms in total. The molecule has 1 aromatic carbocycles. The molecule has 1 unspecified atom stereocenters. The van der Waals surface area contributed by atoms with Crippen LogP contribution in [0.4, 0.5) is 0 Å². The van der Waals surface area contributed by atoms with Crippen molar-refractivity contribution >= 4 is 17.0 Å². The number of carbonyl (C=O) groups is 1. The van der Waals surface area contributed by atoms with Gasteiger partial charge in [0.05, 0.1) is 12.2 Å². The van der Waals surface area contributed by atoms with Gasteiger partial charge in [0, 0.05) is 38.2 Å². The molecule has 1 fully saturated rings. The molecule has 0 saturated carbocycles. The van der Waals surface area contributed by atoms with Crippen LogP contribution < -0.4 is 0 Å². The lowest BCUT2D eigenvalue weighted by atomic mass is 10.1. The van der Waals surface area contributed by atoms with Crippen molar-refractivity contribution in [2.75, 3.05) is 6.54 Å². The molecule has 1 aliphatic rings. The Morgan fingerprint density at radius 2 is 2.25 bits per heavy atom. The number of benzene rings is 1. The lowest BCUT2D eigenvalue weighted by molar-refractivity contribution is -0.132. The second-order valence-electron chi connectivity index (χ2n) is 6.27. The highest BCUT2D eigenvalue weighted by atomic mass is 16.3. The van der Waals surface area contributed by atoms with E-state index in [2.05, 4.69) is 10.1 Å². The number of nitrogens with zero attached hydrogens (tertiary/aromatic N) is 4. The van der Waals surface area contributed by atoms with Crippen LogP contribution >= 0.6 is 0 Å². The molecule has 0 N–H and O–H groups in total. The predicted molar refractivity (Wildman–Crippen MR) is 89.2 cm³/mol. The predicted octanol–water partition coefficient (Wildman–Crippen LogP) is 2.86. The molecule has 6 heteroatoms. The van der Waals surface area contributed by atoms with Gasteiger partial charge in [-0.1, -0.05) is 12.1 Å². The number of para-hydroxylation sites is 2. The van der Waals surface area contributed by atoms with Crippen LogP contribution in [-0.2, 0) is 18.3 Å². The van der Waals surface area contributed by atoms with Crippen LogP contribution in [-0.4, -0.2) is 32.1 Å². The van der Waals surface area contributed by atoms with Gasteiger partial charge in [0.1, 0.15) is 5.52 Å².